The number of aromatic amines is 1. The minimum atomic E-state index is -0.303. The van der Waals surface area contributed by atoms with Crippen molar-refractivity contribution in [2.24, 2.45) is 5.92 Å². The van der Waals surface area contributed by atoms with E-state index in [2.05, 4.69) is 15.5 Å². The van der Waals surface area contributed by atoms with Crippen LogP contribution in [0.25, 0.3) is 10.8 Å². The lowest BCUT2D eigenvalue weighted by Crippen LogP contribution is -2.34. The number of nitrogens with one attached hydrogen (secondary N) is 2. The highest BCUT2D eigenvalue weighted by molar-refractivity contribution is 6.04. The third kappa shape index (κ3) is 3.01. The fourth-order valence-corrected chi connectivity index (χ4v) is 3.06. The van der Waals surface area contributed by atoms with Crippen molar-refractivity contribution in [2.75, 3.05) is 6.54 Å². The van der Waals surface area contributed by atoms with Gasteiger partial charge in [-0.05, 0) is 31.2 Å². The van der Waals surface area contributed by atoms with Gasteiger partial charge in [-0.2, -0.15) is 5.10 Å². The molecule has 1 amide bonds. The number of benzene rings is 1. The van der Waals surface area contributed by atoms with Crippen LogP contribution >= 0.6 is 0 Å². The zero-order chi connectivity index (χ0) is 15.5. The van der Waals surface area contributed by atoms with E-state index in [9.17, 15) is 14.7 Å². The van der Waals surface area contributed by atoms with E-state index in [1.807, 2.05) is 0 Å². The molecule has 1 aliphatic carbocycles. The average Bonchev–Trinajstić information content (AvgIpc) is 2.53. The zero-order valence-corrected chi connectivity index (χ0v) is 12.2. The summed E-state index contributed by atoms with van der Waals surface area (Å²) in [6, 6.07) is 6.92. The summed E-state index contributed by atoms with van der Waals surface area (Å²) in [5.41, 5.74) is -0.0749. The highest BCUT2D eigenvalue weighted by Gasteiger charge is 2.21. The molecule has 3 N–H and O–H groups in total. The van der Waals surface area contributed by atoms with Gasteiger partial charge in [0.2, 0.25) is 0 Å². The molecule has 1 heterocycles. The second kappa shape index (κ2) is 6.27. The van der Waals surface area contributed by atoms with Gasteiger partial charge in [-0.25, -0.2) is 5.10 Å². The van der Waals surface area contributed by atoms with Crippen molar-refractivity contribution >= 4 is 16.7 Å². The lowest BCUT2D eigenvalue weighted by atomic mass is 9.87. The number of hydrogen-bond acceptors (Lipinski definition) is 4. The van der Waals surface area contributed by atoms with Crippen LogP contribution in [0.2, 0.25) is 0 Å². The van der Waals surface area contributed by atoms with E-state index >= 15 is 0 Å². The van der Waals surface area contributed by atoms with Gasteiger partial charge in [0.05, 0.1) is 11.5 Å². The van der Waals surface area contributed by atoms with Gasteiger partial charge in [-0.3, -0.25) is 9.59 Å². The SMILES string of the molecule is O=C(NCC1CCCC(O)C1)c1n[nH]c(=O)c2ccccc12. The van der Waals surface area contributed by atoms with Gasteiger partial charge < -0.3 is 10.4 Å². The van der Waals surface area contributed by atoms with Crippen molar-refractivity contribution in [2.45, 2.75) is 31.8 Å². The van der Waals surface area contributed by atoms with Crippen LogP contribution in [0.1, 0.15) is 36.2 Å². The molecule has 2 atom stereocenters. The molecule has 1 aromatic heterocycles. The number of fused-ring (bicyclic) bond motifs is 1. The molecule has 0 saturated heterocycles. The summed E-state index contributed by atoms with van der Waals surface area (Å²) in [6.45, 7) is 0.519. The molecule has 1 aromatic carbocycles. The largest absolute Gasteiger partial charge is 0.393 e. The molecule has 22 heavy (non-hydrogen) atoms. The number of rotatable bonds is 3. The molecular formula is C16H19N3O3. The number of amides is 1. The Bertz CT molecular complexity index is 741. The molecule has 6 nitrogen and oxygen atoms in total. The molecule has 2 aromatic rings. The maximum absolute atomic E-state index is 12.3. The Labute approximate surface area is 127 Å². The molecular weight excluding hydrogens is 282 g/mol. The van der Waals surface area contributed by atoms with Crippen molar-refractivity contribution in [3.05, 3.63) is 40.3 Å². The Morgan fingerprint density at radius 2 is 2.09 bits per heavy atom. The molecule has 0 spiro atoms. The highest BCUT2D eigenvalue weighted by atomic mass is 16.3. The first kappa shape index (κ1) is 14.7. The molecule has 1 aliphatic rings. The normalized spacial score (nSPS) is 21.7. The van der Waals surface area contributed by atoms with Gasteiger partial charge in [0, 0.05) is 11.9 Å². The van der Waals surface area contributed by atoms with Crippen molar-refractivity contribution in [3.8, 4) is 0 Å². The molecule has 1 saturated carbocycles. The van der Waals surface area contributed by atoms with Gasteiger partial charge in [0.25, 0.3) is 11.5 Å². The van der Waals surface area contributed by atoms with E-state index < -0.39 is 0 Å². The van der Waals surface area contributed by atoms with Gasteiger partial charge >= 0.3 is 0 Å². The van der Waals surface area contributed by atoms with Crippen molar-refractivity contribution < 1.29 is 9.90 Å². The summed E-state index contributed by atoms with van der Waals surface area (Å²) in [7, 11) is 0. The maximum Gasteiger partial charge on any atom is 0.272 e. The van der Waals surface area contributed by atoms with E-state index in [-0.39, 0.29) is 23.3 Å². The predicted octanol–water partition coefficient (Wildman–Crippen LogP) is 1.20. The lowest BCUT2D eigenvalue weighted by molar-refractivity contribution is 0.0871. The first-order valence-corrected chi connectivity index (χ1v) is 7.59. The number of aliphatic hydroxyl groups is 1. The van der Waals surface area contributed by atoms with Crippen LogP contribution in [0, 0.1) is 5.92 Å². The third-order valence-electron chi connectivity index (χ3n) is 4.22. The smallest absolute Gasteiger partial charge is 0.272 e. The van der Waals surface area contributed by atoms with Crippen LogP contribution in [0.4, 0.5) is 0 Å². The van der Waals surface area contributed by atoms with E-state index in [0.717, 1.165) is 25.7 Å². The number of carbonyl (C=O) groups is 1. The Hall–Kier alpha value is -2.21. The number of H-pyrrole nitrogens is 1. The van der Waals surface area contributed by atoms with E-state index in [1.165, 1.54) is 0 Å². The zero-order valence-electron chi connectivity index (χ0n) is 12.2. The number of aromatic nitrogens is 2. The lowest BCUT2D eigenvalue weighted by Gasteiger charge is -2.25. The van der Waals surface area contributed by atoms with E-state index in [0.29, 0.717) is 23.2 Å². The van der Waals surface area contributed by atoms with Crippen LogP contribution < -0.4 is 10.9 Å². The minimum absolute atomic E-state index is 0.228. The number of carbonyl (C=O) groups excluding carboxylic acids is 1. The maximum atomic E-state index is 12.3. The second-order valence-corrected chi connectivity index (χ2v) is 5.84. The quantitative estimate of drug-likeness (QED) is 0.794. The Morgan fingerprint density at radius 1 is 1.32 bits per heavy atom. The van der Waals surface area contributed by atoms with Gasteiger partial charge in [-0.1, -0.05) is 24.6 Å². The first-order chi connectivity index (χ1) is 10.6. The van der Waals surface area contributed by atoms with Crippen molar-refractivity contribution in [1.29, 1.82) is 0 Å². The van der Waals surface area contributed by atoms with Gasteiger partial charge in [0.1, 0.15) is 0 Å². The minimum Gasteiger partial charge on any atom is -0.393 e. The topological polar surface area (TPSA) is 95.1 Å². The molecule has 1 fully saturated rings. The summed E-state index contributed by atoms with van der Waals surface area (Å²) < 4.78 is 0. The monoisotopic (exact) mass is 301 g/mol. The number of aliphatic hydroxyl groups excluding tert-OH is 1. The number of hydrogen-bond donors (Lipinski definition) is 3. The third-order valence-corrected chi connectivity index (χ3v) is 4.22. The fraction of sp³-hybridized carbons (Fsp3) is 0.438. The summed E-state index contributed by atoms with van der Waals surface area (Å²) in [5, 5.41) is 19.8. The van der Waals surface area contributed by atoms with Gasteiger partial charge in [0.15, 0.2) is 5.69 Å². The van der Waals surface area contributed by atoms with Crippen LogP contribution in [0.15, 0.2) is 29.1 Å². The molecule has 0 bridgehead atoms. The van der Waals surface area contributed by atoms with Gasteiger partial charge in [-0.15, -0.1) is 0 Å². The first-order valence-electron chi connectivity index (χ1n) is 7.59. The molecule has 6 heteroatoms. The molecule has 116 valence electrons. The summed E-state index contributed by atoms with van der Waals surface area (Å²) in [5.74, 6) is -0.00533. The van der Waals surface area contributed by atoms with Crippen molar-refractivity contribution in [3.63, 3.8) is 0 Å². The summed E-state index contributed by atoms with van der Waals surface area (Å²) in [4.78, 5) is 24.1. The molecule has 2 unspecified atom stereocenters. The molecule has 3 rings (SSSR count). The Morgan fingerprint density at radius 3 is 2.86 bits per heavy atom. The predicted molar refractivity (Wildman–Crippen MR) is 82.7 cm³/mol. The standard InChI is InChI=1S/C16H19N3O3/c20-11-5-3-4-10(8-11)9-17-16(22)14-12-6-1-2-7-13(12)15(21)19-18-14/h1-2,6-7,10-11,20H,3-5,8-9H2,(H,17,22)(H,19,21). The van der Waals surface area contributed by atoms with E-state index in [1.54, 1.807) is 24.3 Å². The molecule has 0 radical (unpaired) electrons. The average molecular weight is 301 g/mol. The van der Waals surface area contributed by atoms with E-state index in [4.69, 9.17) is 0 Å². The van der Waals surface area contributed by atoms with Crippen LogP contribution in [0.3, 0.4) is 0 Å². The number of nitrogens with zero attached hydrogens (tertiary/aromatic N) is 1. The Kier molecular flexibility index (Phi) is 4.20. The van der Waals surface area contributed by atoms with Crippen LogP contribution in [-0.4, -0.2) is 33.9 Å². The van der Waals surface area contributed by atoms with Crippen LogP contribution in [-0.2, 0) is 0 Å². The van der Waals surface area contributed by atoms with Crippen LogP contribution in [0.5, 0.6) is 0 Å². The summed E-state index contributed by atoms with van der Waals surface area (Å²) in [6.07, 6.45) is 3.30. The molecule has 0 aliphatic heterocycles. The second-order valence-electron chi connectivity index (χ2n) is 5.84. The summed E-state index contributed by atoms with van der Waals surface area (Å²) >= 11 is 0. The fourth-order valence-electron chi connectivity index (χ4n) is 3.06. The Balaban J connectivity index is 1.75. The highest BCUT2D eigenvalue weighted by Crippen LogP contribution is 2.23. The van der Waals surface area contributed by atoms with Crippen molar-refractivity contribution in [1.82, 2.24) is 15.5 Å².